The van der Waals surface area contributed by atoms with E-state index in [1.807, 2.05) is 19.9 Å². The van der Waals surface area contributed by atoms with Gasteiger partial charge in [-0.3, -0.25) is 15.0 Å². The molecule has 0 saturated heterocycles. The molecule has 212 valence electrons. The second-order valence-corrected chi connectivity index (χ2v) is 9.33. The summed E-state index contributed by atoms with van der Waals surface area (Å²) < 4.78 is 15.9. The summed E-state index contributed by atoms with van der Waals surface area (Å²) >= 11 is 0. The molecule has 9 heteroatoms. The van der Waals surface area contributed by atoms with Crippen LogP contribution >= 0.6 is 0 Å². The Morgan fingerprint density at radius 3 is 2.55 bits per heavy atom. The van der Waals surface area contributed by atoms with Gasteiger partial charge in [-0.25, -0.2) is 4.79 Å². The number of hydrogen-bond donors (Lipinski definition) is 3. The molecule has 0 amide bonds. The number of nitrogens with two attached hydrogens (primary N) is 1. The standard InChI is InChI=1S/C21H31NO5.C5H8N2O.C3H6/c1-14(2)20(23)26-10-6-8-17-12-19(21(24)27-15(17)3)22-13-16-7-5-9-18(11-16)25-4;1-4(6)2-5(7)3-8;1-3-2/h6,8,10,12,14-16,18,22H,5,7,9,11,13H2,1-4H3;2-3,7H,6H2,1H3;3H,1H2,2H3/b10-6+,17-8-;4-2-,7-5?;. The van der Waals surface area contributed by atoms with Crippen LogP contribution in [0.15, 0.2) is 60.2 Å². The molecule has 3 unspecified atom stereocenters. The van der Waals surface area contributed by atoms with Crippen LogP contribution in [-0.4, -0.2) is 49.8 Å². The molecule has 0 spiro atoms. The van der Waals surface area contributed by atoms with Crippen LogP contribution < -0.4 is 11.1 Å². The molecule has 4 N–H and O–H groups in total. The van der Waals surface area contributed by atoms with Crippen molar-refractivity contribution in [1.82, 2.24) is 5.32 Å². The topological polar surface area (TPSA) is 141 Å². The predicted octanol–water partition coefficient (Wildman–Crippen LogP) is 4.51. The van der Waals surface area contributed by atoms with Crippen molar-refractivity contribution in [2.75, 3.05) is 13.7 Å². The molecule has 1 heterocycles. The summed E-state index contributed by atoms with van der Waals surface area (Å²) in [6.45, 7) is 13.0. The van der Waals surface area contributed by atoms with E-state index in [2.05, 4.69) is 11.9 Å². The Morgan fingerprint density at radius 1 is 1.37 bits per heavy atom. The van der Waals surface area contributed by atoms with Crippen molar-refractivity contribution in [2.45, 2.75) is 72.5 Å². The fraction of sp³-hybridized carbons (Fsp3) is 0.517. The fourth-order valence-electron chi connectivity index (χ4n) is 3.51. The van der Waals surface area contributed by atoms with Crippen molar-refractivity contribution >= 4 is 23.9 Å². The van der Waals surface area contributed by atoms with E-state index in [-0.39, 0.29) is 29.7 Å². The van der Waals surface area contributed by atoms with Crippen LogP contribution in [0.2, 0.25) is 0 Å². The highest BCUT2D eigenvalue weighted by Gasteiger charge is 2.26. The maximum atomic E-state index is 12.1. The van der Waals surface area contributed by atoms with Gasteiger partial charge in [0.25, 0.3) is 0 Å². The average Bonchev–Trinajstić information content (AvgIpc) is 2.87. The van der Waals surface area contributed by atoms with E-state index in [0.29, 0.717) is 29.7 Å². The number of carbonyl (C=O) groups is 3. The highest BCUT2D eigenvalue weighted by molar-refractivity contribution is 6.32. The number of rotatable bonds is 9. The monoisotopic (exact) mass is 531 g/mol. The number of carbonyl (C=O) groups excluding carboxylic acids is 3. The Hall–Kier alpha value is -3.46. The van der Waals surface area contributed by atoms with Crippen molar-refractivity contribution in [3.8, 4) is 0 Å². The van der Waals surface area contributed by atoms with Crippen molar-refractivity contribution in [3.63, 3.8) is 0 Å². The second-order valence-electron chi connectivity index (χ2n) is 9.33. The quantitative estimate of drug-likeness (QED) is 0.130. The van der Waals surface area contributed by atoms with Gasteiger partial charge in [-0.2, -0.15) is 0 Å². The predicted molar refractivity (Wildman–Crippen MR) is 150 cm³/mol. The zero-order valence-corrected chi connectivity index (χ0v) is 23.6. The van der Waals surface area contributed by atoms with Gasteiger partial charge in [-0.05, 0) is 69.8 Å². The van der Waals surface area contributed by atoms with E-state index in [1.54, 1.807) is 46.1 Å². The van der Waals surface area contributed by atoms with E-state index in [9.17, 15) is 14.4 Å². The van der Waals surface area contributed by atoms with E-state index < -0.39 is 0 Å². The second kappa shape index (κ2) is 19.6. The molecule has 0 bridgehead atoms. The van der Waals surface area contributed by atoms with Crippen molar-refractivity contribution in [1.29, 1.82) is 5.41 Å². The Morgan fingerprint density at radius 2 is 2.03 bits per heavy atom. The van der Waals surface area contributed by atoms with Crippen molar-refractivity contribution < 1.29 is 28.6 Å². The molecule has 0 aromatic carbocycles. The minimum absolute atomic E-state index is 0.0926. The van der Waals surface area contributed by atoms with Gasteiger partial charge in [0, 0.05) is 19.4 Å². The Bertz CT molecular complexity index is 913. The van der Waals surface area contributed by atoms with Gasteiger partial charge in [0.2, 0.25) is 0 Å². The lowest BCUT2D eigenvalue weighted by Crippen LogP contribution is -2.35. The summed E-state index contributed by atoms with van der Waals surface area (Å²) in [6.07, 6.45) is 14.4. The zero-order chi connectivity index (χ0) is 29.1. The van der Waals surface area contributed by atoms with Gasteiger partial charge in [0.05, 0.1) is 24.0 Å². The van der Waals surface area contributed by atoms with Crippen LogP contribution in [0.3, 0.4) is 0 Å². The van der Waals surface area contributed by atoms with Crippen LogP contribution in [0.4, 0.5) is 0 Å². The van der Waals surface area contributed by atoms with Gasteiger partial charge in [-0.15, -0.1) is 6.58 Å². The number of esters is 2. The largest absolute Gasteiger partial charge is 0.453 e. The van der Waals surface area contributed by atoms with Crippen LogP contribution in [-0.2, 0) is 28.6 Å². The normalized spacial score (nSPS) is 22.2. The molecule has 3 atom stereocenters. The third-order valence-corrected chi connectivity index (χ3v) is 5.47. The number of methoxy groups -OCH3 is 1. The third kappa shape index (κ3) is 14.9. The molecule has 38 heavy (non-hydrogen) atoms. The maximum absolute atomic E-state index is 12.1. The summed E-state index contributed by atoms with van der Waals surface area (Å²) in [6, 6.07) is 0. The lowest BCUT2D eigenvalue weighted by molar-refractivity contribution is -0.143. The Balaban J connectivity index is 0.00000105. The number of cyclic esters (lactones) is 1. The van der Waals surface area contributed by atoms with Crippen LogP contribution in [0.1, 0.15) is 60.3 Å². The minimum Gasteiger partial charge on any atom is -0.453 e. The molecule has 0 radical (unpaired) electrons. The van der Waals surface area contributed by atoms with E-state index >= 15 is 0 Å². The first-order chi connectivity index (χ1) is 18.0. The van der Waals surface area contributed by atoms with E-state index in [0.717, 1.165) is 37.8 Å². The molecule has 2 rings (SSSR count). The summed E-state index contributed by atoms with van der Waals surface area (Å²) in [4.78, 5) is 33.3. The smallest absolute Gasteiger partial charge is 0.355 e. The van der Waals surface area contributed by atoms with E-state index in [1.165, 1.54) is 12.3 Å². The number of allylic oxidation sites excluding steroid dienone is 5. The average molecular weight is 532 g/mol. The van der Waals surface area contributed by atoms with Gasteiger partial charge in [0.1, 0.15) is 11.8 Å². The first-order valence-electron chi connectivity index (χ1n) is 12.8. The van der Waals surface area contributed by atoms with Crippen LogP contribution in [0.5, 0.6) is 0 Å². The molecule has 1 aliphatic carbocycles. The summed E-state index contributed by atoms with van der Waals surface area (Å²) in [5.41, 5.74) is 6.82. The lowest BCUT2D eigenvalue weighted by atomic mass is 9.87. The Labute approximate surface area is 227 Å². The highest BCUT2D eigenvalue weighted by atomic mass is 16.5. The van der Waals surface area contributed by atoms with Crippen LogP contribution in [0, 0.1) is 17.2 Å². The molecule has 1 aliphatic heterocycles. The molecule has 0 aromatic rings. The van der Waals surface area contributed by atoms with Gasteiger partial charge in [-0.1, -0.05) is 32.4 Å². The molecular formula is C29H45N3O6. The van der Waals surface area contributed by atoms with Gasteiger partial charge in [0.15, 0.2) is 6.29 Å². The summed E-state index contributed by atoms with van der Waals surface area (Å²) in [5, 5.41) is 9.98. The third-order valence-electron chi connectivity index (χ3n) is 5.47. The first kappa shape index (κ1) is 34.5. The van der Waals surface area contributed by atoms with Crippen LogP contribution in [0.25, 0.3) is 0 Å². The first-order valence-corrected chi connectivity index (χ1v) is 12.8. The number of aldehydes is 1. The number of ether oxygens (including phenoxy) is 3. The SMILES string of the molecule is C/C(N)=C/C(=N)C=O.C=CC.COC1CCCC(CNC2=C/C(=C/C=C/OC(=O)C(C)C)C(C)OC2=O)C1. The van der Waals surface area contributed by atoms with Gasteiger partial charge < -0.3 is 25.3 Å². The Kier molecular flexibility index (Phi) is 17.8. The zero-order valence-electron chi connectivity index (χ0n) is 23.6. The molecule has 2 aliphatic rings. The number of hydrogen-bond acceptors (Lipinski definition) is 9. The highest BCUT2D eigenvalue weighted by Crippen LogP contribution is 2.26. The molecule has 1 saturated carbocycles. The number of nitrogens with one attached hydrogen (secondary N) is 2. The molecule has 9 nitrogen and oxygen atoms in total. The molecule has 1 fully saturated rings. The maximum Gasteiger partial charge on any atom is 0.355 e. The van der Waals surface area contributed by atoms with E-state index in [4.69, 9.17) is 25.4 Å². The fourth-order valence-corrected chi connectivity index (χ4v) is 3.51. The molecular weight excluding hydrogens is 486 g/mol. The van der Waals surface area contributed by atoms with Crippen molar-refractivity contribution in [2.24, 2.45) is 17.6 Å². The molecule has 0 aromatic heterocycles. The van der Waals surface area contributed by atoms with Gasteiger partial charge >= 0.3 is 11.9 Å². The minimum atomic E-state index is -0.346. The van der Waals surface area contributed by atoms with Crippen molar-refractivity contribution in [3.05, 3.63) is 60.2 Å². The summed E-state index contributed by atoms with van der Waals surface area (Å²) in [5.74, 6) is -0.314. The lowest BCUT2D eigenvalue weighted by Gasteiger charge is -2.29. The summed E-state index contributed by atoms with van der Waals surface area (Å²) in [7, 11) is 1.76.